The highest BCUT2D eigenvalue weighted by molar-refractivity contribution is 7.18. The first-order valence-corrected chi connectivity index (χ1v) is 7.89. The third-order valence-electron chi connectivity index (χ3n) is 4.20. The van der Waals surface area contributed by atoms with E-state index in [9.17, 15) is 5.11 Å². The third-order valence-corrected chi connectivity index (χ3v) is 5.24. The van der Waals surface area contributed by atoms with Crippen LogP contribution in [0.15, 0.2) is 48.5 Å². The van der Waals surface area contributed by atoms with Gasteiger partial charge in [0, 0.05) is 18.9 Å². The summed E-state index contributed by atoms with van der Waals surface area (Å²) < 4.78 is 1.16. The molecule has 21 heavy (non-hydrogen) atoms. The van der Waals surface area contributed by atoms with Gasteiger partial charge in [-0.2, -0.15) is 0 Å². The molecule has 3 nitrogen and oxygen atoms in total. The molecular formula is C17H16N2OS. The van der Waals surface area contributed by atoms with Gasteiger partial charge in [0.2, 0.25) is 0 Å². The van der Waals surface area contributed by atoms with Crippen molar-refractivity contribution in [3.63, 3.8) is 0 Å². The number of hydrogen-bond acceptors (Lipinski definition) is 4. The summed E-state index contributed by atoms with van der Waals surface area (Å²) in [5.74, 6) is 0. The largest absolute Gasteiger partial charge is 0.385 e. The molecule has 1 aliphatic rings. The van der Waals surface area contributed by atoms with Crippen LogP contribution in [0.1, 0.15) is 28.6 Å². The highest BCUT2D eigenvalue weighted by Crippen LogP contribution is 2.44. The molecule has 0 radical (unpaired) electrons. The van der Waals surface area contributed by atoms with E-state index in [1.807, 2.05) is 42.5 Å². The lowest BCUT2D eigenvalue weighted by Crippen LogP contribution is -2.26. The predicted molar refractivity (Wildman–Crippen MR) is 85.2 cm³/mol. The number of para-hydroxylation sites is 1. The second-order valence-corrected chi connectivity index (χ2v) is 6.80. The summed E-state index contributed by atoms with van der Waals surface area (Å²) >= 11 is 1.65. The number of fused-ring (bicyclic) bond motifs is 2. The first-order valence-electron chi connectivity index (χ1n) is 7.07. The van der Waals surface area contributed by atoms with E-state index >= 15 is 0 Å². The van der Waals surface area contributed by atoms with Gasteiger partial charge in [0.15, 0.2) is 0 Å². The fraction of sp³-hybridized carbons (Fsp3) is 0.235. The molecule has 0 spiro atoms. The summed E-state index contributed by atoms with van der Waals surface area (Å²) in [7, 11) is 0. The molecule has 0 saturated carbocycles. The molecule has 2 unspecified atom stereocenters. The minimum atomic E-state index is -0.899. The molecule has 3 N–H and O–H groups in total. The Bertz CT molecular complexity index is 780. The van der Waals surface area contributed by atoms with Crippen LogP contribution in [0.25, 0.3) is 10.2 Å². The van der Waals surface area contributed by atoms with Gasteiger partial charge < -0.3 is 10.8 Å². The minimum absolute atomic E-state index is 0.0967. The molecule has 0 saturated heterocycles. The highest BCUT2D eigenvalue weighted by Gasteiger charge is 2.41. The van der Waals surface area contributed by atoms with Crippen molar-refractivity contribution in [1.29, 1.82) is 0 Å². The maximum Gasteiger partial charge on any atom is 0.0981 e. The number of aromatic nitrogens is 1. The second-order valence-electron chi connectivity index (χ2n) is 5.68. The van der Waals surface area contributed by atoms with Crippen molar-refractivity contribution in [3.05, 3.63) is 64.7 Å². The Kier molecular flexibility index (Phi) is 2.85. The predicted octanol–water partition coefficient (Wildman–Crippen LogP) is 3.13. The van der Waals surface area contributed by atoms with Crippen molar-refractivity contribution < 1.29 is 5.11 Å². The minimum Gasteiger partial charge on any atom is -0.385 e. The molecule has 0 amide bonds. The zero-order valence-corrected chi connectivity index (χ0v) is 12.3. The van der Waals surface area contributed by atoms with Gasteiger partial charge in [-0.3, -0.25) is 0 Å². The maximum atomic E-state index is 11.1. The van der Waals surface area contributed by atoms with Crippen molar-refractivity contribution in [3.8, 4) is 0 Å². The third kappa shape index (κ3) is 2.07. The molecule has 2 aromatic carbocycles. The molecule has 1 heterocycles. The number of thiazole rings is 1. The van der Waals surface area contributed by atoms with Gasteiger partial charge in [0.25, 0.3) is 0 Å². The van der Waals surface area contributed by atoms with Gasteiger partial charge in [-0.1, -0.05) is 36.4 Å². The Morgan fingerprint density at radius 1 is 1.19 bits per heavy atom. The van der Waals surface area contributed by atoms with Crippen molar-refractivity contribution >= 4 is 21.6 Å². The molecule has 3 aromatic rings. The Balaban J connectivity index is 1.73. The first-order chi connectivity index (χ1) is 10.2. The van der Waals surface area contributed by atoms with E-state index in [0.717, 1.165) is 26.4 Å². The summed E-state index contributed by atoms with van der Waals surface area (Å²) in [5, 5.41) is 12.0. The topological polar surface area (TPSA) is 59.1 Å². The van der Waals surface area contributed by atoms with E-state index in [2.05, 4.69) is 11.1 Å². The Hall–Kier alpha value is -1.75. The van der Waals surface area contributed by atoms with Crippen LogP contribution in [0.5, 0.6) is 0 Å². The molecule has 2 atom stereocenters. The molecule has 4 heteroatoms. The standard InChI is InChI=1S/C17H16N2OS/c18-13-9-17(20,12-6-2-1-5-11(12)13)10-16-19-14-7-3-4-8-15(14)21-16/h1-8,13,20H,9-10,18H2. The summed E-state index contributed by atoms with van der Waals surface area (Å²) in [6.45, 7) is 0. The van der Waals surface area contributed by atoms with Gasteiger partial charge in [-0.25, -0.2) is 4.98 Å². The number of nitrogens with two attached hydrogens (primary N) is 1. The van der Waals surface area contributed by atoms with Crippen LogP contribution in [-0.2, 0) is 12.0 Å². The number of hydrogen-bond donors (Lipinski definition) is 2. The SMILES string of the molecule is NC1CC(O)(Cc2nc3ccccc3s2)c2ccccc21. The summed E-state index contributed by atoms with van der Waals surface area (Å²) in [6, 6.07) is 15.9. The molecule has 0 bridgehead atoms. The zero-order valence-electron chi connectivity index (χ0n) is 11.5. The summed E-state index contributed by atoms with van der Waals surface area (Å²) in [5.41, 5.74) is 8.28. The smallest absolute Gasteiger partial charge is 0.0981 e. The quantitative estimate of drug-likeness (QED) is 0.764. The Morgan fingerprint density at radius 2 is 1.95 bits per heavy atom. The van der Waals surface area contributed by atoms with Crippen LogP contribution in [-0.4, -0.2) is 10.1 Å². The Labute approximate surface area is 127 Å². The highest BCUT2D eigenvalue weighted by atomic mass is 32.1. The summed E-state index contributed by atoms with van der Waals surface area (Å²) in [4.78, 5) is 4.64. The number of rotatable bonds is 2. The van der Waals surface area contributed by atoms with Crippen LogP contribution in [0.4, 0.5) is 0 Å². The van der Waals surface area contributed by atoms with Crippen molar-refractivity contribution in [2.75, 3.05) is 0 Å². The normalized spacial score (nSPS) is 24.4. The van der Waals surface area contributed by atoms with E-state index in [1.54, 1.807) is 11.3 Å². The van der Waals surface area contributed by atoms with E-state index in [1.165, 1.54) is 0 Å². The zero-order chi connectivity index (χ0) is 14.4. The molecule has 0 fully saturated rings. The number of benzene rings is 2. The lowest BCUT2D eigenvalue weighted by Gasteiger charge is -2.22. The number of nitrogens with zero attached hydrogens (tertiary/aromatic N) is 1. The molecule has 106 valence electrons. The molecule has 4 rings (SSSR count). The average Bonchev–Trinajstić information content (AvgIpc) is 2.98. The van der Waals surface area contributed by atoms with Crippen molar-refractivity contribution in [1.82, 2.24) is 4.98 Å². The van der Waals surface area contributed by atoms with E-state index < -0.39 is 5.60 Å². The van der Waals surface area contributed by atoms with Gasteiger partial charge in [0.1, 0.15) is 0 Å². The summed E-state index contributed by atoms with van der Waals surface area (Å²) in [6.07, 6.45) is 1.08. The first kappa shape index (κ1) is 13.0. The van der Waals surface area contributed by atoms with Crippen molar-refractivity contribution in [2.24, 2.45) is 5.73 Å². The van der Waals surface area contributed by atoms with E-state index in [4.69, 9.17) is 5.73 Å². The molecule has 1 aromatic heterocycles. The second kappa shape index (κ2) is 4.63. The van der Waals surface area contributed by atoms with Crippen LogP contribution in [0, 0.1) is 0 Å². The van der Waals surface area contributed by atoms with Gasteiger partial charge >= 0.3 is 0 Å². The van der Waals surface area contributed by atoms with Crippen LogP contribution >= 0.6 is 11.3 Å². The van der Waals surface area contributed by atoms with Gasteiger partial charge in [-0.05, 0) is 23.3 Å². The van der Waals surface area contributed by atoms with Crippen LogP contribution < -0.4 is 5.73 Å². The lowest BCUT2D eigenvalue weighted by molar-refractivity contribution is 0.0342. The number of aliphatic hydroxyl groups is 1. The molecular weight excluding hydrogens is 280 g/mol. The van der Waals surface area contributed by atoms with Gasteiger partial charge in [-0.15, -0.1) is 11.3 Å². The van der Waals surface area contributed by atoms with Crippen LogP contribution in [0.3, 0.4) is 0 Å². The van der Waals surface area contributed by atoms with Crippen molar-refractivity contribution in [2.45, 2.75) is 24.5 Å². The monoisotopic (exact) mass is 296 g/mol. The van der Waals surface area contributed by atoms with E-state index in [-0.39, 0.29) is 6.04 Å². The van der Waals surface area contributed by atoms with Gasteiger partial charge in [0.05, 0.1) is 20.8 Å². The Morgan fingerprint density at radius 3 is 2.81 bits per heavy atom. The molecule has 1 aliphatic carbocycles. The van der Waals surface area contributed by atoms with E-state index in [0.29, 0.717) is 12.8 Å². The molecule has 0 aliphatic heterocycles. The lowest BCUT2D eigenvalue weighted by atomic mass is 9.92. The average molecular weight is 296 g/mol. The maximum absolute atomic E-state index is 11.1. The fourth-order valence-corrected chi connectivity index (χ4v) is 4.31. The van der Waals surface area contributed by atoms with Crippen LogP contribution in [0.2, 0.25) is 0 Å². The fourth-order valence-electron chi connectivity index (χ4n) is 3.24.